The maximum absolute atomic E-state index is 13.2. The van der Waals surface area contributed by atoms with Gasteiger partial charge in [-0.2, -0.15) is 0 Å². The molecule has 0 N–H and O–H groups in total. The Labute approximate surface area is 166 Å². The summed E-state index contributed by atoms with van der Waals surface area (Å²) in [6.07, 6.45) is 7.69. The SMILES string of the molecule is Cc1ccc2c(n1)nc(Cn1c(=O)n(C3CC3)c3ccncc31)n2CCCC=O. The van der Waals surface area contributed by atoms with Crippen molar-refractivity contribution in [3.8, 4) is 0 Å². The summed E-state index contributed by atoms with van der Waals surface area (Å²) in [6, 6.07) is 6.15. The normalized spacial score (nSPS) is 14.1. The van der Waals surface area contributed by atoms with Gasteiger partial charge in [0.2, 0.25) is 0 Å². The summed E-state index contributed by atoms with van der Waals surface area (Å²) < 4.78 is 5.72. The molecule has 4 aromatic heterocycles. The van der Waals surface area contributed by atoms with E-state index < -0.39 is 0 Å². The first-order valence-corrected chi connectivity index (χ1v) is 9.98. The Morgan fingerprint density at radius 1 is 1.10 bits per heavy atom. The Hall–Kier alpha value is -3.29. The maximum Gasteiger partial charge on any atom is 0.329 e. The van der Waals surface area contributed by atoms with E-state index in [9.17, 15) is 9.59 Å². The molecule has 1 aliphatic rings. The van der Waals surface area contributed by atoms with Gasteiger partial charge in [0.25, 0.3) is 0 Å². The number of hydrogen-bond acceptors (Lipinski definition) is 5. The second kappa shape index (κ2) is 6.95. The van der Waals surface area contributed by atoms with Gasteiger partial charge >= 0.3 is 5.69 Å². The fourth-order valence-corrected chi connectivity index (χ4v) is 3.96. The van der Waals surface area contributed by atoms with Crippen LogP contribution in [0.15, 0.2) is 35.4 Å². The third-order valence-electron chi connectivity index (χ3n) is 5.51. The van der Waals surface area contributed by atoms with E-state index in [0.29, 0.717) is 25.2 Å². The molecule has 1 aliphatic carbocycles. The van der Waals surface area contributed by atoms with Crippen molar-refractivity contribution >= 4 is 28.5 Å². The smallest absolute Gasteiger partial charge is 0.325 e. The van der Waals surface area contributed by atoms with Crippen LogP contribution in [0.3, 0.4) is 0 Å². The lowest BCUT2D eigenvalue weighted by molar-refractivity contribution is -0.107. The summed E-state index contributed by atoms with van der Waals surface area (Å²) in [5.74, 6) is 0.768. The number of unbranched alkanes of at least 4 members (excludes halogenated alkanes) is 1. The second-order valence-corrected chi connectivity index (χ2v) is 7.62. The van der Waals surface area contributed by atoms with Gasteiger partial charge in [-0.1, -0.05) is 0 Å². The zero-order chi connectivity index (χ0) is 20.0. The number of nitrogens with zero attached hydrogens (tertiary/aromatic N) is 6. The van der Waals surface area contributed by atoms with Crippen LogP contribution in [0.4, 0.5) is 0 Å². The summed E-state index contributed by atoms with van der Waals surface area (Å²) in [5.41, 5.74) is 4.21. The molecule has 0 aliphatic heterocycles. The van der Waals surface area contributed by atoms with Gasteiger partial charge in [-0.05, 0) is 44.4 Å². The highest BCUT2D eigenvalue weighted by Gasteiger charge is 2.29. The van der Waals surface area contributed by atoms with E-state index in [4.69, 9.17) is 4.98 Å². The zero-order valence-corrected chi connectivity index (χ0v) is 16.3. The highest BCUT2D eigenvalue weighted by molar-refractivity contribution is 5.75. The third kappa shape index (κ3) is 3.04. The predicted octanol–water partition coefficient (Wildman–Crippen LogP) is 2.61. The van der Waals surface area contributed by atoms with Crippen molar-refractivity contribution in [2.24, 2.45) is 0 Å². The minimum atomic E-state index is -0.0221. The molecule has 0 unspecified atom stereocenters. The molecule has 0 spiro atoms. The Bertz CT molecular complexity index is 1280. The molecule has 5 rings (SSSR count). The minimum absolute atomic E-state index is 0.0221. The van der Waals surface area contributed by atoms with Crippen molar-refractivity contribution in [2.45, 2.75) is 51.7 Å². The fraction of sp³-hybridized carbons (Fsp3) is 0.381. The lowest BCUT2D eigenvalue weighted by Crippen LogP contribution is -2.25. The largest absolute Gasteiger partial charge is 0.329 e. The lowest BCUT2D eigenvalue weighted by atomic mass is 10.3. The zero-order valence-electron chi connectivity index (χ0n) is 16.3. The maximum atomic E-state index is 13.2. The average Bonchev–Trinajstić information content (AvgIpc) is 3.44. The summed E-state index contributed by atoms with van der Waals surface area (Å²) in [4.78, 5) is 37.5. The summed E-state index contributed by atoms with van der Waals surface area (Å²) in [6.45, 7) is 2.94. The molecule has 1 fully saturated rings. The van der Waals surface area contributed by atoms with Crippen molar-refractivity contribution in [2.75, 3.05) is 0 Å². The summed E-state index contributed by atoms with van der Waals surface area (Å²) >= 11 is 0. The molecule has 4 heterocycles. The van der Waals surface area contributed by atoms with Gasteiger partial charge < -0.3 is 9.36 Å². The van der Waals surface area contributed by atoms with Crippen LogP contribution in [0.5, 0.6) is 0 Å². The molecule has 0 aromatic carbocycles. The highest BCUT2D eigenvalue weighted by Crippen LogP contribution is 2.36. The number of aryl methyl sites for hydroxylation is 2. The number of imidazole rings is 2. The number of aromatic nitrogens is 6. The predicted molar refractivity (Wildman–Crippen MR) is 109 cm³/mol. The molecule has 0 bridgehead atoms. The molecule has 0 radical (unpaired) electrons. The molecule has 29 heavy (non-hydrogen) atoms. The van der Waals surface area contributed by atoms with Gasteiger partial charge in [0.15, 0.2) is 5.65 Å². The molecular formula is C21H22N6O2. The molecule has 0 saturated heterocycles. The van der Waals surface area contributed by atoms with Crippen LogP contribution >= 0.6 is 0 Å². The standard InChI is InChI=1S/C21H22N6O2/c1-14-4-7-17-20(23-14)24-19(25(17)10-2-3-11-28)13-26-18-12-22-9-8-16(18)27(21(26)29)15-5-6-15/h4,7-9,11-12,15H,2-3,5-6,10,13H2,1H3. The third-order valence-corrected chi connectivity index (χ3v) is 5.51. The molecule has 0 atom stereocenters. The number of rotatable bonds is 7. The number of fused-ring (bicyclic) bond motifs is 2. The average molecular weight is 390 g/mol. The van der Waals surface area contributed by atoms with E-state index in [2.05, 4.69) is 14.5 Å². The van der Waals surface area contributed by atoms with Crippen molar-refractivity contribution < 1.29 is 4.79 Å². The van der Waals surface area contributed by atoms with Gasteiger partial charge in [-0.3, -0.25) is 14.1 Å². The Morgan fingerprint density at radius 3 is 2.76 bits per heavy atom. The van der Waals surface area contributed by atoms with Gasteiger partial charge in [0.1, 0.15) is 12.1 Å². The fourth-order valence-electron chi connectivity index (χ4n) is 3.96. The number of aldehydes is 1. The van der Waals surface area contributed by atoms with Crippen LogP contribution < -0.4 is 5.69 Å². The number of hydrogen-bond donors (Lipinski definition) is 0. The van der Waals surface area contributed by atoms with E-state index >= 15 is 0 Å². The number of carbonyl (C=O) groups is 1. The van der Waals surface area contributed by atoms with E-state index in [0.717, 1.165) is 53.6 Å². The minimum Gasteiger partial charge on any atom is -0.325 e. The van der Waals surface area contributed by atoms with Crippen molar-refractivity contribution in [1.82, 2.24) is 28.7 Å². The monoisotopic (exact) mass is 390 g/mol. The first-order valence-electron chi connectivity index (χ1n) is 9.98. The van der Waals surface area contributed by atoms with Gasteiger partial charge in [-0.25, -0.2) is 14.8 Å². The van der Waals surface area contributed by atoms with Gasteiger partial charge in [0, 0.05) is 30.9 Å². The molecule has 0 amide bonds. The molecular weight excluding hydrogens is 368 g/mol. The van der Waals surface area contributed by atoms with E-state index in [1.54, 1.807) is 17.0 Å². The van der Waals surface area contributed by atoms with Crippen molar-refractivity contribution in [1.29, 1.82) is 0 Å². The molecule has 8 nitrogen and oxygen atoms in total. The quantitative estimate of drug-likeness (QED) is 0.358. The second-order valence-electron chi connectivity index (χ2n) is 7.62. The molecule has 1 saturated carbocycles. The van der Waals surface area contributed by atoms with Crippen molar-refractivity contribution in [3.63, 3.8) is 0 Å². The topological polar surface area (TPSA) is 87.6 Å². The van der Waals surface area contributed by atoms with Crippen LogP contribution in [0.25, 0.3) is 22.2 Å². The van der Waals surface area contributed by atoms with E-state index in [1.165, 1.54) is 0 Å². The van der Waals surface area contributed by atoms with Crippen LogP contribution in [0.2, 0.25) is 0 Å². The van der Waals surface area contributed by atoms with Crippen LogP contribution in [-0.2, 0) is 17.9 Å². The first-order chi connectivity index (χ1) is 14.2. The number of pyridine rings is 2. The Morgan fingerprint density at radius 2 is 1.97 bits per heavy atom. The molecule has 8 heteroatoms. The lowest BCUT2D eigenvalue weighted by Gasteiger charge is -2.09. The molecule has 4 aromatic rings. The van der Waals surface area contributed by atoms with Crippen LogP contribution in [-0.4, -0.2) is 34.9 Å². The number of carbonyl (C=O) groups excluding carboxylic acids is 1. The Balaban J connectivity index is 1.63. The van der Waals surface area contributed by atoms with Gasteiger partial charge in [-0.15, -0.1) is 0 Å². The summed E-state index contributed by atoms with van der Waals surface area (Å²) in [5, 5.41) is 0. The van der Waals surface area contributed by atoms with E-state index in [-0.39, 0.29) is 11.7 Å². The van der Waals surface area contributed by atoms with E-state index in [1.807, 2.05) is 29.7 Å². The Kier molecular flexibility index (Phi) is 4.26. The van der Waals surface area contributed by atoms with Crippen LogP contribution in [0.1, 0.15) is 43.2 Å². The summed E-state index contributed by atoms with van der Waals surface area (Å²) in [7, 11) is 0. The first kappa shape index (κ1) is 17.8. The van der Waals surface area contributed by atoms with Gasteiger partial charge in [0.05, 0.1) is 29.3 Å². The molecule has 148 valence electrons. The highest BCUT2D eigenvalue weighted by atomic mass is 16.2. The van der Waals surface area contributed by atoms with Crippen molar-refractivity contribution in [3.05, 3.63) is 52.6 Å². The van der Waals surface area contributed by atoms with Crippen LogP contribution in [0, 0.1) is 6.92 Å².